The van der Waals surface area contributed by atoms with E-state index in [9.17, 15) is 5.11 Å². The van der Waals surface area contributed by atoms with Gasteiger partial charge in [0.05, 0.1) is 13.2 Å². The average Bonchev–Trinajstić information content (AvgIpc) is 3.13. The molecule has 1 aromatic rings. The van der Waals surface area contributed by atoms with Gasteiger partial charge >= 0.3 is 0 Å². The van der Waals surface area contributed by atoms with Crippen molar-refractivity contribution >= 4 is 29.9 Å². The standard InChI is InChI=1S/C20H33N3O3.HI/c1-21-19(23-16-20(9-12-24)10-15-26-17-20)22-11-5-13-25-14-8-18-6-3-2-4-7-18;/h2-4,6-7,24H,5,8-17H2,1H3,(H2,21,22,23);1H. The first-order chi connectivity index (χ1) is 12.8. The number of hydrogen-bond acceptors (Lipinski definition) is 4. The van der Waals surface area contributed by atoms with Crippen LogP contribution in [0.15, 0.2) is 35.3 Å². The summed E-state index contributed by atoms with van der Waals surface area (Å²) in [5.74, 6) is 0.790. The minimum absolute atomic E-state index is 0. The van der Waals surface area contributed by atoms with Gasteiger partial charge < -0.3 is 25.2 Å². The number of aliphatic hydroxyl groups excluding tert-OH is 1. The third-order valence-corrected chi connectivity index (χ3v) is 4.82. The van der Waals surface area contributed by atoms with Crippen LogP contribution in [0.5, 0.6) is 0 Å². The number of aliphatic imine (C=N–C) groups is 1. The van der Waals surface area contributed by atoms with Crippen molar-refractivity contribution in [3.05, 3.63) is 35.9 Å². The van der Waals surface area contributed by atoms with Gasteiger partial charge in [-0.25, -0.2) is 0 Å². The van der Waals surface area contributed by atoms with E-state index in [1.54, 1.807) is 7.05 Å². The number of rotatable bonds is 11. The Kier molecular flexibility index (Phi) is 12.6. The first-order valence-electron chi connectivity index (χ1n) is 9.53. The summed E-state index contributed by atoms with van der Waals surface area (Å²) in [7, 11) is 1.77. The minimum Gasteiger partial charge on any atom is -0.396 e. The molecule has 1 aliphatic rings. The number of hydrogen-bond donors (Lipinski definition) is 3. The highest BCUT2D eigenvalue weighted by Gasteiger charge is 2.34. The maximum atomic E-state index is 9.29. The molecule has 1 aromatic carbocycles. The predicted octanol–water partition coefficient (Wildman–Crippen LogP) is 2.21. The van der Waals surface area contributed by atoms with Gasteiger partial charge in [-0.15, -0.1) is 24.0 Å². The third kappa shape index (κ3) is 9.23. The fourth-order valence-corrected chi connectivity index (χ4v) is 3.12. The molecule has 1 unspecified atom stereocenters. The van der Waals surface area contributed by atoms with E-state index in [2.05, 4.69) is 39.9 Å². The summed E-state index contributed by atoms with van der Waals surface area (Å²) in [6, 6.07) is 10.4. The Hall–Kier alpha value is -0.900. The topological polar surface area (TPSA) is 75.1 Å². The summed E-state index contributed by atoms with van der Waals surface area (Å²) in [5, 5.41) is 16.0. The Morgan fingerprint density at radius 2 is 2.07 bits per heavy atom. The molecule has 0 saturated carbocycles. The van der Waals surface area contributed by atoms with Crippen LogP contribution in [0, 0.1) is 5.41 Å². The molecule has 3 N–H and O–H groups in total. The van der Waals surface area contributed by atoms with Crippen LogP contribution in [0.1, 0.15) is 24.8 Å². The molecular weight excluding hydrogens is 457 g/mol. The highest BCUT2D eigenvalue weighted by atomic mass is 127. The Labute approximate surface area is 180 Å². The first-order valence-corrected chi connectivity index (χ1v) is 9.53. The van der Waals surface area contributed by atoms with Crippen molar-refractivity contribution in [1.82, 2.24) is 10.6 Å². The van der Waals surface area contributed by atoms with E-state index in [0.717, 1.165) is 64.6 Å². The number of nitrogens with one attached hydrogen (secondary N) is 2. The molecule has 154 valence electrons. The van der Waals surface area contributed by atoms with Gasteiger partial charge in [-0.3, -0.25) is 4.99 Å². The van der Waals surface area contributed by atoms with Crippen LogP contribution in [-0.2, 0) is 15.9 Å². The average molecular weight is 491 g/mol. The van der Waals surface area contributed by atoms with Crippen molar-refractivity contribution in [2.24, 2.45) is 10.4 Å². The van der Waals surface area contributed by atoms with Gasteiger partial charge in [0.25, 0.3) is 0 Å². The second kappa shape index (κ2) is 14.1. The molecule has 27 heavy (non-hydrogen) atoms. The first kappa shape index (κ1) is 24.1. The van der Waals surface area contributed by atoms with Gasteiger partial charge in [-0.2, -0.15) is 0 Å². The maximum absolute atomic E-state index is 9.29. The van der Waals surface area contributed by atoms with E-state index in [1.807, 2.05) is 6.07 Å². The number of benzene rings is 1. The summed E-state index contributed by atoms with van der Waals surface area (Å²) in [6.07, 6.45) is 3.62. The monoisotopic (exact) mass is 491 g/mol. The van der Waals surface area contributed by atoms with Crippen molar-refractivity contribution in [2.45, 2.75) is 25.7 Å². The smallest absolute Gasteiger partial charge is 0.190 e. The van der Waals surface area contributed by atoms with Crippen molar-refractivity contribution in [1.29, 1.82) is 0 Å². The van der Waals surface area contributed by atoms with Crippen molar-refractivity contribution < 1.29 is 14.6 Å². The predicted molar refractivity (Wildman–Crippen MR) is 120 cm³/mol. The lowest BCUT2D eigenvalue weighted by atomic mass is 9.84. The largest absolute Gasteiger partial charge is 0.396 e. The fraction of sp³-hybridized carbons (Fsp3) is 0.650. The van der Waals surface area contributed by atoms with Crippen molar-refractivity contribution in [3.8, 4) is 0 Å². The number of nitrogens with zero attached hydrogens (tertiary/aromatic N) is 1. The highest BCUT2D eigenvalue weighted by Crippen LogP contribution is 2.31. The van der Waals surface area contributed by atoms with Crippen LogP contribution in [0.4, 0.5) is 0 Å². The lowest BCUT2D eigenvalue weighted by Crippen LogP contribution is -2.44. The van der Waals surface area contributed by atoms with Gasteiger partial charge in [0.15, 0.2) is 5.96 Å². The molecular formula is C20H34IN3O3. The molecule has 0 spiro atoms. The zero-order valence-corrected chi connectivity index (χ0v) is 18.6. The second-order valence-electron chi connectivity index (χ2n) is 6.83. The lowest BCUT2D eigenvalue weighted by molar-refractivity contribution is 0.127. The molecule has 1 fully saturated rings. The van der Waals surface area contributed by atoms with E-state index < -0.39 is 0 Å². The number of aliphatic hydroxyl groups is 1. The molecule has 1 heterocycles. The lowest BCUT2D eigenvalue weighted by Gasteiger charge is -2.27. The molecule has 2 rings (SSSR count). The number of ether oxygens (including phenoxy) is 2. The summed E-state index contributed by atoms with van der Waals surface area (Å²) in [4.78, 5) is 4.26. The SMILES string of the molecule is CN=C(NCCCOCCc1ccccc1)NCC1(CCO)CCOC1.I. The minimum atomic E-state index is 0. The van der Waals surface area contributed by atoms with Crippen molar-refractivity contribution in [2.75, 3.05) is 53.2 Å². The van der Waals surface area contributed by atoms with Crippen LogP contribution < -0.4 is 10.6 Å². The van der Waals surface area contributed by atoms with E-state index in [-0.39, 0.29) is 36.0 Å². The van der Waals surface area contributed by atoms with Gasteiger partial charge in [-0.05, 0) is 31.2 Å². The quantitative estimate of drug-likeness (QED) is 0.192. The van der Waals surface area contributed by atoms with Crippen LogP contribution in [-0.4, -0.2) is 64.2 Å². The fourth-order valence-electron chi connectivity index (χ4n) is 3.12. The molecule has 1 atom stereocenters. The molecule has 0 aliphatic carbocycles. The summed E-state index contributed by atoms with van der Waals surface area (Å²) in [5.41, 5.74) is 1.33. The molecule has 0 bridgehead atoms. The van der Waals surface area contributed by atoms with Gasteiger partial charge in [0.2, 0.25) is 0 Å². The maximum Gasteiger partial charge on any atom is 0.190 e. The molecule has 0 amide bonds. The van der Waals surface area contributed by atoms with Crippen LogP contribution in [0.3, 0.4) is 0 Å². The Balaban J connectivity index is 0.00000364. The van der Waals surface area contributed by atoms with Gasteiger partial charge in [0.1, 0.15) is 0 Å². The van der Waals surface area contributed by atoms with E-state index in [0.29, 0.717) is 6.61 Å². The third-order valence-electron chi connectivity index (χ3n) is 4.82. The molecule has 0 radical (unpaired) electrons. The normalized spacial score (nSPS) is 19.6. The Morgan fingerprint density at radius 3 is 2.74 bits per heavy atom. The van der Waals surface area contributed by atoms with Gasteiger partial charge in [0, 0.05) is 45.4 Å². The van der Waals surface area contributed by atoms with Crippen LogP contribution in [0.25, 0.3) is 0 Å². The molecule has 7 heteroatoms. The highest BCUT2D eigenvalue weighted by molar-refractivity contribution is 14.0. The summed E-state index contributed by atoms with van der Waals surface area (Å²) in [6.45, 7) is 4.73. The number of guanidine groups is 1. The van der Waals surface area contributed by atoms with E-state index in [4.69, 9.17) is 9.47 Å². The van der Waals surface area contributed by atoms with E-state index >= 15 is 0 Å². The zero-order valence-electron chi connectivity index (χ0n) is 16.3. The van der Waals surface area contributed by atoms with Gasteiger partial charge in [-0.1, -0.05) is 30.3 Å². The van der Waals surface area contributed by atoms with Crippen LogP contribution >= 0.6 is 24.0 Å². The molecule has 0 aromatic heterocycles. The summed E-state index contributed by atoms with van der Waals surface area (Å²) < 4.78 is 11.2. The zero-order chi connectivity index (χ0) is 18.5. The Bertz CT molecular complexity index is 522. The van der Waals surface area contributed by atoms with E-state index in [1.165, 1.54) is 5.56 Å². The molecule has 6 nitrogen and oxygen atoms in total. The number of halogens is 1. The van der Waals surface area contributed by atoms with Crippen molar-refractivity contribution in [3.63, 3.8) is 0 Å². The van der Waals surface area contributed by atoms with Crippen LogP contribution in [0.2, 0.25) is 0 Å². The second-order valence-corrected chi connectivity index (χ2v) is 6.83. The summed E-state index contributed by atoms with van der Waals surface area (Å²) >= 11 is 0. The molecule has 1 saturated heterocycles. The molecule has 1 aliphatic heterocycles. The Morgan fingerprint density at radius 1 is 1.26 bits per heavy atom.